The van der Waals surface area contributed by atoms with E-state index in [4.69, 9.17) is 9.84 Å². The number of piperidine rings is 1. The first kappa shape index (κ1) is 17.0. The number of ether oxygens (including phenoxy) is 1. The van der Waals surface area contributed by atoms with Crippen LogP contribution in [0.3, 0.4) is 0 Å². The fourth-order valence-corrected chi connectivity index (χ4v) is 3.22. The molecule has 3 rings (SSSR count). The number of nitrogens with zero attached hydrogens (tertiary/aromatic N) is 3. The summed E-state index contributed by atoms with van der Waals surface area (Å²) in [6.07, 6.45) is 4.60. The number of imidazole rings is 1. The molecule has 1 N–H and O–H groups in total. The number of methoxy groups -OCH3 is 1. The number of rotatable bonds is 5. The molecule has 1 atom stereocenters. The lowest BCUT2D eigenvalue weighted by atomic mass is 9.90. The molecule has 0 spiro atoms. The third-order valence-corrected chi connectivity index (χ3v) is 4.60. The number of aromatic nitrogens is 2. The summed E-state index contributed by atoms with van der Waals surface area (Å²) in [5, 5.41) is 9.12. The molecule has 1 unspecified atom stereocenters. The zero-order valence-electron chi connectivity index (χ0n) is 14.1. The second-order valence-electron chi connectivity index (χ2n) is 6.16. The Kier molecular flexibility index (Phi) is 5.02. The van der Waals surface area contributed by atoms with Gasteiger partial charge in [0, 0.05) is 19.0 Å². The van der Waals surface area contributed by atoms with Crippen molar-refractivity contribution in [2.24, 2.45) is 0 Å². The highest BCUT2D eigenvalue weighted by molar-refractivity contribution is 5.86. The van der Waals surface area contributed by atoms with Crippen molar-refractivity contribution < 1.29 is 19.4 Å². The zero-order chi connectivity index (χ0) is 17.8. The van der Waals surface area contributed by atoms with Crippen molar-refractivity contribution in [3.8, 4) is 5.75 Å². The van der Waals surface area contributed by atoms with Crippen molar-refractivity contribution in [3.63, 3.8) is 0 Å². The van der Waals surface area contributed by atoms with Gasteiger partial charge in [-0.3, -0.25) is 4.79 Å². The molecule has 0 aliphatic carbocycles. The van der Waals surface area contributed by atoms with Crippen LogP contribution in [0.4, 0.5) is 0 Å². The second-order valence-corrected chi connectivity index (χ2v) is 6.16. The minimum absolute atomic E-state index is 0.00301. The molecule has 7 nitrogen and oxygen atoms in total. The SMILES string of the molecule is COc1ccc(C2CCCN(C(=O)Cn3cncc3C(=O)O)C2)cc1. The Morgan fingerprint density at radius 1 is 1.32 bits per heavy atom. The van der Waals surface area contributed by atoms with Gasteiger partial charge in [-0.25, -0.2) is 9.78 Å². The molecule has 25 heavy (non-hydrogen) atoms. The third-order valence-electron chi connectivity index (χ3n) is 4.60. The summed E-state index contributed by atoms with van der Waals surface area (Å²) in [5.41, 5.74) is 1.21. The van der Waals surface area contributed by atoms with E-state index in [1.165, 1.54) is 22.7 Å². The van der Waals surface area contributed by atoms with Crippen LogP contribution >= 0.6 is 0 Å². The van der Waals surface area contributed by atoms with Gasteiger partial charge in [0.1, 0.15) is 18.0 Å². The maximum atomic E-state index is 12.6. The molecule has 1 amide bonds. The highest BCUT2D eigenvalue weighted by Crippen LogP contribution is 2.28. The molecule has 0 saturated carbocycles. The molecular formula is C18H21N3O4. The summed E-state index contributed by atoms with van der Waals surface area (Å²) >= 11 is 0. The van der Waals surface area contributed by atoms with Crippen molar-refractivity contribution in [1.29, 1.82) is 0 Å². The monoisotopic (exact) mass is 343 g/mol. The van der Waals surface area contributed by atoms with E-state index >= 15 is 0 Å². The fourth-order valence-electron chi connectivity index (χ4n) is 3.22. The quantitative estimate of drug-likeness (QED) is 0.897. The molecule has 0 bridgehead atoms. The molecule has 1 aliphatic heterocycles. The minimum Gasteiger partial charge on any atom is -0.497 e. The number of likely N-dealkylation sites (tertiary alicyclic amines) is 1. The first-order valence-electron chi connectivity index (χ1n) is 8.23. The first-order chi connectivity index (χ1) is 12.1. The largest absolute Gasteiger partial charge is 0.497 e. The fraction of sp³-hybridized carbons (Fsp3) is 0.389. The molecule has 1 aliphatic rings. The van der Waals surface area contributed by atoms with Crippen LogP contribution in [0, 0.1) is 0 Å². The number of hydrogen-bond donors (Lipinski definition) is 1. The Labute approximate surface area is 145 Å². The number of carboxylic acids is 1. The molecular weight excluding hydrogens is 322 g/mol. The minimum atomic E-state index is -1.08. The van der Waals surface area contributed by atoms with Gasteiger partial charge in [-0.15, -0.1) is 0 Å². The number of hydrogen-bond acceptors (Lipinski definition) is 4. The number of benzene rings is 1. The van der Waals surface area contributed by atoms with Gasteiger partial charge in [-0.2, -0.15) is 0 Å². The van der Waals surface area contributed by atoms with Crippen molar-refractivity contribution in [2.75, 3.05) is 20.2 Å². The predicted octanol–water partition coefficient (Wildman–Crippen LogP) is 2.00. The molecule has 1 aromatic carbocycles. The molecule has 1 saturated heterocycles. The van der Waals surface area contributed by atoms with Gasteiger partial charge in [-0.1, -0.05) is 12.1 Å². The van der Waals surface area contributed by atoms with Gasteiger partial charge < -0.3 is 19.3 Å². The van der Waals surface area contributed by atoms with E-state index in [2.05, 4.69) is 4.98 Å². The maximum absolute atomic E-state index is 12.6. The van der Waals surface area contributed by atoms with Crippen LogP contribution in [0.25, 0.3) is 0 Å². The molecule has 7 heteroatoms. The van der Waals surface area contributed by atoms with E-state index in [9.17, 15) is 9.59 Å². The number of carboxylic acid groups (broad SMARTS) is 1. The number of carbonyl (C=O) groups excluding carboxylic acids is 1. The van der Waals surface area contributed by atoms with Crippen molar-refractivity contribution in [3.05, 3.63) is 48.0 Å². The third kappa shape index (κ3) is 3.81. The van der Waals surface area contributed by atoms with E-state index in [1.807, 2.05) is 29.2 Å². The van der Waals surface area contributed by atoms with E-state index < -0.39 is 5.97 Å². The van der Waals surface area contributed by atoms with Crippen LogP contribution in [-0.2, 0) is 11.3 Å². The lowest BCUT2D eigenvalue weighted by Gasteiger charge is -2.33. The van der Waals surface area contributed by atoms with E-state index in [0.29, 0.717) is 13.1 Å². The van der Waals surface area contributed by atoms with Crippen LogP contribution in [0.5, 0.6) is 5.75 Å². The molecule has 2 aromatic rings. The van der Waals surface area contributed by atoms with E-state index in [0.717, 1.165) is 18.6 Å². The Morgan fingerprint density at radius 3 is 2.76 bits per heavy atom. The maximum Gasteiger partial charge on any atom is 0.354 e. The average molecular weight is 343 g/mol. The molecule has 132 valence electrons. The van der Waals surface area contributed by atoms with Crippen LogP contribution in [0.1, 0.15) is 34.8 Å². The predicted molar refractivity (Wildman–Crippen MR) is 90.7 cm³/mol. The Balaban J connectivity index is 1.66. The number of aromatic carboxylic acids is 1. The van der Waals surface area contributed by atoms with Gasteiger partial charge in [0.25, 0.3) is 0 Å². The van der Waals surface area contributed by atoms with Gasteiger partial charge in [0.15, 0.2) is 0 Å². The summed E-state index contributed by atoms with van der Waals surface area (Å²) in [7, 11) is 1.64. The molecule has 1 fully saturated rings. The van der Waals surface area contributed by atoms with Crippen LogP contribution < -0.4 is 4.74 Å². The topological polar surface area (TPSA) is 84.7 Å². The summed E-state index contributed by atoms with van der Waals surface area (Å²) < 4.78 is 6.56. The van der Waals surface area contributed by atoms with Crippen LogP contribution in [0.15, 0.2) is 36.8 Å². The molecule has 1 aromatic heterocycles. The van der Waals surface area contributed by atoms with Crippen molar-refractivity contribution in [1.82, 2.24) is 14.5 Å². The number of carbonyl (C=O) groups is 2. The lowest BCUT2D eigenvalue weighted by molar-refractivity contribution is -0.133. The smallest absolute Gasteiger partial charge is 0.354 e. The highest BCUT2D eigenvalue weighted by Gasteiger charge is 2.25. The Morgan fingerprint density at radius 2 is 2.08 bits per heavy atom. The summed E-state index contributed by atoms with van der Waals surface area (Å²) in [6, 6.07) is 7.94. The lowest BCUT2D eigenvalue weighted by Crippen LogP contribution is -2.41. The van der Waals surface area contributed by atoms with Crippen LogP contribution in [0.2, 0.25) is 0 Å². The van der Waals surface area contributed by atoms with Gasteiger partial charge in [-0.05, 0) is 30.5 Å². The van der Waals surface area contributed by atoms with E-state index in [1.54, 1.807) is 7.11 Å². The van der Waals surface area contributed by atoms with E-state index in [-0.39, 0.29) is 24.1 Å². The van der Waals surface area contributed by atoms with Gasteiger partial charge in [0.05, 0.1) is 19.6 Å². The molecule has 0 radical (unpaired) electrons. The summed E-state index contributed by atoms with van der Waals surface area (Å²) in [5.74, 6) is -0.0714. The zero-order valence-corrected chi connectivity index (χ0v) is 14.1. The first-order valence-corrected chi connectivity index (χ1v) is 8.23. The van der Waals surface area contributed by atoms with Gasteiger partial charge >= 0.3 is 5.97 Å². The summed E-state index contributed by atoms with van der Waals surface area (Å²) in [4.78, 5) is 29.3. The molecule has 2 heterocycles. The Bertz CT molecular complexity index is 754. The average Bonchev–Trinajstić information content (AvgIpc) is 3.10. The van der Waals surface area contributed by atoms with Gasteiger partial charge in [0.2, 0.25) is 5.91 Å². The highest BCUT2D eigenvalue weighted by atomic mass is 16.5. The van der Waals surface area contributed by atoms with Crippen molar-refractivity contribution >= 4 is 11.9 Å². The number of amides is 1. The second kappa shape index (κ2) is 7.38. The van der Waals surface area contributed by atoms with Crippen LogP contribution in [-0.4, -0.2) is 51.6 Å². The summed E-state index contributed by atoms with van der Waals surface area (Å²) in [6.45, 7) is 1.34. The normalized spacial score (nSPS) is 17.3. The standard InChI is InChI=1S/C18H21N3O4/c1-25-15-6-4-13(5-7-15)14-3-2-8-20(10-14)17(22)11-21-12-19-9-16(21)18(23)24/h4-7,9,12,14H,2-3,8,10-11H2,1H3,(H,23,24). The Hall–Kier alpha value is -2.83. The van der Waals surface area contributed by atoms with Crippen molar-refractivity contribution in [2.45, 2.75) is 25.3 Å².